The maximum absolute atomic E-state index is 4.26. The Labute approximate surface area is 102 Å². The van der Waals surface area contributed by atoms with Gasteiger partial charge < -0.3 is 0 Å². The van der Waals surface area contributed by atoms with Gasteiger partial charge in [-0.25, -0.2) is 0 Å². The van der Waals surface area contributed by atoms with Gasteiger partial charge in [-0.3, -0.25) is 5.43 Å². The van der Waals surface area contributed by atoms with E-state index in [-0.39, 0.29) is 0 Å². The molecule has 0 atom stereocenters. The molecule has 0 amide bonds. The van der Waals surface area contributed by atoms with E-state index in [0.29, 0.717) is 0 Å². The Balaban J connectivity index is 2.09. The molecule has 0 fully saturated rings. The van der Waals surface area contributed by atoms with Crippen LogP contribution in [0, 0.1) is 13.8 Å². The lowest BCUT2D eigenvalue weighted by Crippen LogP contribution is -1.93. The molecule has 0 bridgehead atoms. The Bertz CT molecular complexity index is 530. The van der Waals surface area contributed by atoms with Crippen LogP contribution in [0.4, 0.5) is 5.69 Å². The zero-order valence-electron chi connectivity index (χ0n) is 10.1. The van der Waals surface area contributed by atoms with E-state index in [1.54, 1.807) is 0 Å². The van der Waals surface area contributed by atoms with Crippen molar-refractivity contribution in [3.8, 4) is 0 Å². The molecule has 2 aromatic carbocycles. The van der Waals surface area contributed by atoms with Gasteiger partial charge in [-0.2, -0.15) is 5.10 Å². The summed E-state index contributed by atoms with van der Waals surface area (Å²) in [6, 6.07) is 16.3. The van der Waals surface area contributed by atoms with Gasteiger partial charge in [0.2, 0.25) is 0 Å². The third kappa shape index (κ3) is 2.94. The Hall–Kier alpha value is -2.09. The smallest absolute Gasteiger partial charge is 0.0590 e. The van der Waals surface area contributed by atoms with Crippen molar-refractivity contribution in [2.75, 3.05) is 5.43 Å². The SMILES string of the molecule is Cc1ccccc1/C=N\Nc1ccccc1C. The zero-order valence-corrected chi connectivity index (χ0v) is 10.1. The van der Waals surface area contributed by atoms with Crippen molar-refractivity contribution < 1.29 is 0 Å². The number of anilines is 1. The summed E-state index contributed by atoms with van der Waals surface area (Å²) in [6.45, 7) is 4.14. The monoisotopic (exact) mass is 224 g/mol. The van der Waals surface area contributed by atoms with E-state index in [1.165, 1.54) is 11.1 Å². The first-order valence-electron chi connectivity index (χ1n) is 5.68. The van der Waals surface area contributed by atoms with Gasteiger partial charge in [0.1, 0.15) is 0 Å². The Kier molecular flexibility index (Phi) is 3.55. The fraction of sp³-hybridized carbons (Fsp3) is 0.133. The summed E-state index contributed by atoms with van der Waals surface area (Å²) >= 11 is 0. The number of hydrazone groups is 1. The van der Waals surface area contributed by atoms with Crippen LogP contribution in [-0.2, 0) is 0 Å². The van der Waals surface area contributed by atoms with Crippen LogP contribution in [0.1, 0.15) is 16.7 Å². The molecule has 0 aliphatic heterocycles. The normalized spacial score (nSPS) is 10.7. The van der Waals surface area contributed by atoms with Gasteiger partial charge >= 0.3 is 0 Å². The lowest BCUT2D eigenvalue weighted by Gasteiger charge is -2.04. The standard InChI is InChI=1S/C15H16N2/c1-12-7-3-5-9-14(12)11-16-17-15-10-6-4-8-13(15)2/h3-11,17H,1-2H3/b16-11-. The first kappa shape index (κ1) is 11.4. The van der Waals surface area contributed by atoms with Gasteiger partial charge in [0.15, 0.2) is 0 Å². The number of para-hydroxylation sites is 1. The molecule has 1 N–H and O–H groups in total. The van der Waals surface area contributed by atoms with Crippen molar-refractivity contribution in [1.82, 2.24) is 0 Å². The van der Waals surface area contributed by atoms with E-state index in [4.69, 9.17) is 0 Å². The minimum Gasteiger partial charge on any atom is -0.278 e. The van der Waals surface area contributed by atoms with E-state index in [2.05, 4.69) is 42.6 Å². The second-order valence-corrected chi connectivity index (χ2v) is 4.04. The van der Waals surface area contributed by atoms with Crippen molar-refractivity contribution in [1.29, 1.82) is 0 Å². The molecule has 2 nitrogen and oxygen atoms in total. The molecule has 86 valence electrons. The van der Waals surface area contributed by atoms with Gasteiger partial charge in [0.05, 0.1) is 11.9 Å². The van der Waals surface area contributed by atoms with Crippen LogP contribution in [-0.4, -0.2) is 6.21 Å². The second-order valence-electron chi connectivity index (χ2n) is 4.04. The number of nitrogens with one attached hydrogen (secondary N) is 1. The maximum Gasteiger partial charge on any atom is 0.0590 e. The van der Waals surface area contributed by atoms with Crippen LogP contribution in [0.5, 0.6) is 0 Å². The minimum absolute atomic E-state index is 1.04. The first-order valence-corrected chi connectivity index (χ1v) is 5.68. The van der Waals surface area contributed by atoms with E-state index in [9.17, 15) is 0 Å². The molecule has 0 unspecified atom stereocenters. The Morgan fingerprint density at radius 1 is 0.882 bits per heavy atom. The van der Waals surface area contributed by atoms with E-state index in [1.807, 2.05) is 36.5 Å². The summed E-state index contributed by atoms with van der Waals surface area (Å²) in [6.07, 6.45) is 1.85. The molecule has 0 saturated carbocycles. The van der Waals surface area contributed by atoms with Crippen LogP contribution >= 0.6 is 0 Å². The Morgan fingerprint density at radius 2 is 1.53 bits per heavy atom. The highest BCUT2D eigenvalue weighted by Gasteiger charge is 1.94. The number of rotatable bonds is 3. The highest BCUT2D eigenvalue weighted by molar-refractivity contribution is 5.82. The summed E-state index contributed by atoms with van der Waals surface area (Å²) < 4.78 is 0. The van der Waals surface area contributed by atoms with Crippen LogP contribution in [0.15, 0.2) is 53.6 Å². The molecule has 0 spiro atoms. The minimum atomic E-state index is 1.04. The molecule has 0 heterocycles. The van der Waals surface area contributed by atoms with Crippen LogP contribution < -0.4 is 5.43 Å². The summed E-state index contributed by atoms with van der Waals surface area (Å²) in [5.74, 6) is 0. The molecule has 0 aliphatic rings. The molecule has 0 aliphatic carbocycles. The molecule has 2 heteroatoms. The highest BCUT2D eigenvalue weighted by atomic mass is 15.3. The highest BCUT2D eigenvalue weighted by Crippen LogP contribution is 2.12. The second kappa shape index (κ2) is 5.30. The maximum atomic E-state index is 4.26. The van der Waals surface area contributed by atoms with Crippen molar-refractivity contribution in [3.05, 3.63) is 65.2 Å². The van der Waals surface area contributed by atoms with E-state index in [0.717, 1.165) is 11.3 Å². The Morgan fingerprint density at radius 3 is 2.24 bits per heavy atom. The third-order valence-electron chi connectivity index (χ3n) is 2.72. The molecule has 2 aromatic rings. The summed E-state index contributed by atoms with van der Waals surface area (Å²) in [5.41, 5.74) is 7.64. The zero-order chi connectivity index (χ0) is 12.1. The van der Waals surface area contributed by atoms with Crippen molar-refractivity contribution in [3.63, 3.8) is 0 Å². The van der Waals surface area contributed by atoms with Crippen LogP contribution in [0.3, 0.4) is 0 Å². The lowest BCUT2D eigenvalue weighted by atomic mass is 10.1. The molecule has 0 radical (unpaired) electrons. The van der Waals surface area contributed by atoms with Crippen LogP contribution in [0.25, 0.3) is 0 Å². The van der Waals surface area contributed by atoms with Gasteiger partial charge in [-0.15, -0.1) is 0 Å². The first-order chi connectivity index (χ1) is 8.27. The quantitative estimate of drug-likeness (QED) is 0.623. The molecular formula is C15H16N2. The van der Waals surface area contributed by atoms with Crippen molar-refractivity contribution in [2.24, 2.45) is 5.10 Å². The predicted molar refractivity (Wildman–Crippen MR) is 73.6 cm³/mol. The average Bonchev–Trinajstić information content (AvgIpc) is 2.34. The molecule has 2 rings (SSSR count). The lowest BCUT2D eigenvalue weighted by molar-refractivity contribution is 1.30. The molecule has 0 saturated heterocycles. The predicted octanol–water partition coefficient (Wildman–Crippen LogP) is 3.75. The number of benzene rings is 2. The van der Waals surface area contributed by atoms with Gasteiger partial charge in [0, 0.05) is 0 Å². The topological polar surface area (TPSA) is 24.4 Å². The number of hydrogen-bond donors (Lipinski definition) is 1. The van der Waals surface area contributed by atoms with E-state index < -0.39 is 0 Å². The molecule has 17 heavy (non-hydrogen) atoms. The number of aryl methyl sites for hydroxylation is 2. The van der Waals surface area contributed by atoms with Gasteiger partial charge in [-0.05, 0) is 36.6 Å². The summed E-state index contributed by atoms with van der Waals surface area (Å²) in [7, 11) is 0. The fourth-order valence-electron chi connectivity index (χ4n) is 1.60. The van der Waals surface area contributed by atoms with Crippen molar-refractivity contribution >= 4 is 11.9 Å². The van der Waals surface area contributed by atoms with Crippen molar-refractivity contribution in [2.45, 2.75) is 13.8 Å². The third-order valence-corrected chi connectivity index (χ3v) is 2.72. The summed E-state index contributed by atoms with van der Waals surface area (Å²) in [4.78, 5) is 0. The number of hydrogen-bond acceptors (Lipinski definition) is 2. The average molecular weight is 224 g/mol. The largest absolute Gasteiger partial charge is 0.278 e. The molecule has 0 aromatic heterocycles. The number of nitrogens with zero attached hydrogens (tertiary/aromatic N) is 1. The van der Waals surface area contributed by atoms with Gasteiger partial charge in [-0.1, -0.05) is 42.5 Å². The molecular weight excluding hydrogens is 208 g/mol. The van der Waals surface area contributed by atoms with Crippen LogP contribution in [0.2, 0.25) is 0 Å². The summed E-state index contributed by atoms with van der Waals surface area (Å²) in [5, 5.41) is 4.26. The van der Waals surface area contributed by atoms with E-state index >= 15 is 0 Å². The van der Waals surface area contributed by atoms with Gasteiger partial charge in [0.25, 0.3) is 0 Å². The fourth-order valence-corrected chi connectivity index (χ4v) is 1.60.